The molecule has 94 valence electrons. The summed E-state index contributed by atoms with van der Waals surface area (Å²) in [7, 11) is 0. The molecule has 18 heavy (non-hydrogen) atoms. The number of carboxylic acid groups (broad SMARTS) is 1. The summed E-state index contributed by atoms with van der Waals surface area (Å²) in [5, 5.41) is 13.5. The predicted octanol–water partition coefficient (Wildman–Crippen LogP) is 2.79. The van der Waals surface area contributed by atoms with Crippen LogP contribution in [-0.4, -0.2) is 20.9 Å². The molecule has 1 N–H and O–H groups in total. The number of carbonyl (C=O) groups is 1. The number of hydrogen-bond acceptors (Lipinski definition) is 2. The Labute approximate surface area is 110 Å². The Balaban J connectivity index is 2.16. The lowest BCUT2D eigenvalue weighted by Gasteiger charge is -2.08. The fourth-order valence-corrected chi connectivity index (χ4v) is 1.89. The molecule has 0 amide bonds. The highest BCUT2D eigenvalue weighted by Gasteiger charge is 2.11. The molecule has 1 aromatic carbocycles. The van der Waals surface area contributed by atoms with E-state index in [1.54, 1.807) is 23.9 Å². The SMILES string of the molecule is CC(Cc1ccc(-n2nccc2Cl)cc1)C(=O)O. The van der Waals surface area contributed by atoms with E-state index in [9.17, 15) is 4.79 Å². The molecule has 5 heteroatoms. The first kappa shape index (κ1) is 12.6. The zero-order valence-electron chi connectivity index (χ0n) is 9.88. The van der Waals surface area contributed by atoms with Crippen molar-refractivity contribution in [2.75, 3.05) is 0 Å². The van der Waals surface area contributed by atoms with Crippen LogP contribution in [0.3, 0.4) is 0 Å². The van der Waals surface area contributed by atoms with Crippen LogP contribution in [0.5, 0.6) is 0 Å². The summed E-state index contributed by atoms with van der Waals surface area (Å²) in [4.78, 5) is 10.8. The minimum Gasteiger partial charge on any atom is -0.481 e. The molecule has 0 aliphatic heterocycles. The van der Waals surface area contributed by atoms with Gasteiger partial charge in [-0.2, -0.15) is 5.10 Å². The van der Waals surface area contributed by atoms with Crippen molar-refractivity contribution in [2.24, 2.45) is 5.92 Å². The Hall–Kier alpha value is -1.81. The average molecular weight is 265 g/mol. The van der Waals surface area contributed by atoms with Gasteiger partial charge in [-0.25, -0.2) is 4.68 Å². The van der Waals surface area contributed by atoms with Crippen LogP contribution in [-0.2, 0) is 11.2 Å². The highest BCUT2D eigenvalue weighted by Crippen LogP contribution is 2.16. The summed E-state index contributed by atoms with van der Waals surface area (Å²) in [6.07, 6.45) is 2.14. The van der Waals surface area contributed by atoms with Gasteiger partial charge in [0.15, 0.2) is 0 Å². The fourth-order valence-electron chi connectivity index (χ4n) is 1.69. The van der Waals surface area contributed by atoms with Gasteiger partial charge >= 0.3 is 5.97 Å². The molecule has 0 bridgehead atoms. The van der Waals surface area contributed by atoms with Crippen LogP contribution in [0.15, 0.2) is 36.5 Å². The molecular formula is C13H13ClN2O2. The van der Waals surface area contributed by atoms with Gasteiger partial charge in [-0.05, 0) is 30.2 Å². The van der Waals surface area contributed by atoms with Crippen molar-refractivity contribution >= 4 is 17.6 Å². The molecule has 0 saturated carbocycles. The zero-order valence-corrected chi connectivity index (χ0v) is 10.6. The molecule has 1 aromatic heterocycles. The second kappa shape index (κ2) is 5.23. The highest BCUT2D eigenvalue weighted by atomic mass is 35.5. The van der Waals surface area contributed by atoms with Crippen molar-refractivity contribution in [1.82, 2.24) is 9.78 Å². The maximum atomic E-state index is 10.8. The van der Waals surface area contributed by atoms with Crippen LogP contribution in [0.4, 0.5) is 0 Å². The normalized spacial score (nSPS) is 12.3. The Bertz CT molecular complexity index is 548. The van der Waals surface area contributed by atoms with Crippen molar-refractivity contribution in [3.05, 3.63) is 47.2 Å². The number of rotatable bonds is 4. The van der Waals surface area contributed by atoms with E-state index in [0.29, 0.717) is 11.6 Å². The van der Waals surface area contributed by atoms with Crippen LogP contribution in [0.25, 0.3) is 5.69 Å². The van der Waals surface area contributed by atoms with E-state index in [-0.39, 0.29) is 5.92 Å². The van der Waals surface area contributed by atoms with Crippen LogP contribution in [0, 0.1) is 5.92 Å². The number of carboxylic acids is 1. The largest absolute Gasteiger partial charge is 0.481 e. The zero-order chi connectivity index (χ0) is 13.1. The summed E-state index contributed by atoms with van der Waals surface area (Å²) in [5.74, 6) is -1.17. The first-order chi connectivity index (χ1) is 8.58. The second-order valence-corrected chi connectivity index (χ2v) is 4.56. The molecule has 0 fully saturated rings. The quantitative estimate of drug-likeness (QED) is 0.924. The van der Waals surface area contributed by atoms with Crippen molar-refractivity contribution in [2.45, 2.75) is 13.3 Å². The second-order valence-electron chi connectivity index (χ2n) is 4.18. The predicted molar refractivity (Wildman–Crippen MR) is 69.1 cm³/mol. The smallest absolute Gasteiger partial charge is 0.306 e. The Morgan fingerprint density at radius 2 is 2.06 bits per heavy atom. The number of benzene rings is 1. The van der Waals surface area contributed by atoms with E-state index in [1.165, 1.54) is 0 Å². The van der Waals surface area contributed by atoms with Crippen LogP contribution >= 0.6 is 11.6 Å². The van der Waals surface area contributed by atoms with Gasteiger partial charge in [0.25, 0.3) is 0 Å². The van der Waals surface area contributed by atoms with E-state index >= 15 is 0 Å². The lowest BCUT2D eigenvalue weighted by Crippen LogP contribution is -2.12. The molecule has 4 nitrogen and oxygen atoms in total. The number of nitrogens with zero attached hydrogens (tertiary/aromatic N) is 2. The van der Waals surface area contributed by atoms with E-state index in [1.807, 2.05) is 24.3 Å². The van der Waals surface area contributed by atoms with E-state index in [4.69, 9.17) is 16.7 Å². The molecule has 0 spiro atoms. The summed E-state index contributed by atoms with van der Waals surface area (Å²) < 4.78 is 1.62. The van der Waals surface area contributed by atoms with Crippen molar-refractivity contribution in [1.29, 1.82) is 0 Å². The van der Waals surface area contributed by atoms with Gasteiger partial charge in [0.05, 0.1) is 17.8 Å². The van der Waals surface area contributed by atoms with Crippen LogP contribution in [0.2, 0.25) is 5.15 Å². The van der Waals surface area contributed by atoms with Gasteiger partial charge in [0.1, 0.15) is 5.15 Å². The molecule has 0 aliphatic carbocycles. The highest BCUT2D eigenvalue weighted by molar-refractivity contribution is 6.29. The van der Waals surface area contributed by atoms with E-state index in [0.717, 1.165) is 11.3 Å². The van der Waals surface area contributed by atoms with Crippen LogP contribution in [0.1, 0.15) is 12.5 Å². The van der Waals surface area contributed by atoms with E-state index < -0.39 is 5.97 Å². The third-order valence-electron chi connectivity index (χ3n) is 2.74. The summed E-state index contributed by atoms with van der Waals surface area (Å²) in [5.41, 5.74) is 1.84. The van der Waals surface area contributed by atoms with Crippen molar-refractivity contribution in [3.8, 4) is 5.69 Å². The first-order valence-corrected chi connectivity index (χ1v) is 5.97. The van der Waals surface area contributed by atoms with E-state index in [2.05, 4.69) is 5.10 Å². The number of aliphatic carboxylic acids is 1. The average Bonchev–Trinajstić information content (AvgIpc) is 2.76. The van der Waals surface area contributed by atoms with Gasteiger partial charge in [-0.3, -0.25) is 4.79 Å². The van der Waals surface area contributed by atoms with Gasteiger partial charge in [0.2, 0.25) is 0 Å². The topological polar surface area (TPSA) is 55.1 Å². The number of aromatic nitrogens is 2. The molecular weight excluding hydrogens is 252 g/mol. The summed E-state index contributed by atoms with van der Waals surface area (Å²) in [6, 6.07) is 9.26. The summed E-state index contributed by atoms with van der Waals surface area (Å²) >= 11 is 5.96. The Kier molecular flexibility index (Phi) is 3.67. The molecule has 1 atom stereocenters. The van der Waals surface area contributed by atoms with Gasteiger partial charge < -0.3 is 5.11 Å². The Morgan fingerprint density at radius 1 is 1.39 bits per heavy atom. The van der Waals surface area contributed by atoms with Crippen molar-refractivity contribution < 1.29 is 9.90 Å². The maximum absolute atomic E-state index is 10.8. The Morgan fingerprint density at radius 3 is 2.56 bits per heavy atom. The molecule has 2 rings (SSSR count). The molecule has 1 heterocycles. The third-order valence-corrected chi connectivity index (χ3v) is 3.03. The summed E-state index contributed by atoms with van der Waals surface area (Å²) in [6.45, 7) is 1.70. The molecule has 2 aromatic rings. The molecule has 1 unspecified atom stereocenters. The number of hydrogen-bond donors (Lipinski definition) is 1. The minimum atomic E-state index is -0.783. The third kappa shape index (κ3) is 2.71. The first-order valence-electron chi connectivity index (χ1n) is 5.59. The molecule has 0 aliphatic rings. The lowest BCUT2D eigenvalue weighted by molar-refractivity contribution is -0.141. The van der Waals surface area contributed by atoms with Gasteiger partial charge in [0, 0.05) is 0 Å². The van der Waals surface area contributed by atoms with Gasteiger partial charge in [-0.1, -0.05) is 30.7 Å². The lowest BCUT2D eigenvalue weighted by atomic mass is 10.0. The van der Waals surface area contributed by atoms with Gasteiger partial charge in [-0.15, -0.1) is 0 Å². The fraction of sp³-hybridized carbons (Fsp3) is 0.231. The monoisotopic (exact) mass is 264 g/mol. The molecule has 0 radical (unpaired) electrons. The van der Waals surface area contributed by atoms with Crippen molar-refractivity contribution in [3.63, 3.8) is 0 Å². The maximum Gasteiger partial charge on any atom is 0.306 e. The molecule has 0 saturated heterocycles. The minimum absolute atomic E-state index is 0.385. The number of halogens is 1. The standard InChI is InChI=1S/C13H13ClN2O2/c1-9(13(17)18)8-10-2-4-11(5-3-10)16-12(14)6-7-15-16/h2-7,9H,8H2,1H3,(H,17,18). The van der Waals surface area contributed by atoms with Crippen LogP contribution < -0.4 is 0 Å².